The predicted octanol–water partition coefficient (Wildman–Crippen LogP) is 4.02. The van der Waals surface area contributed by atoms with Crippen molar-refractivity contribution in [2.75, 3.05) is 0 Å². The Morgan fingerprint density at radius 3 is 2.15 bits per heavy atom. The summed E-state index contributed by atoms with van der Waals surface area (Å²) in [5, 5.41) is 0. The molecule has 0 unspecified atom stereocenters. The standard InChI is InChI=1S/C10H11BrF2/c1-10(2,3)6-4-5-7(12)8(11)9(6)13/h4-5H,1-3H3. The molecule has 0 bridgehead atoms. The van der Waals surface area contributed by atoms with E-state index in [4.69, 9.17) is 0 Å². The number of rotatable bonds is 0. The van der Waals surface area contributed by atoms with Crippen LogP contribution in [0.5, 0.6) is 0 Å². The van der Waals surface area contributed by atoms with Crippen molar-refractivity contribution in [3.8, 4) is 0 Å². The van der Waals surface area contributed by atoms with Crippen LogP contribution in [-0.2, 0) is 5.41 Å². The van der Waals surface area contributed by atoms with Gasteiger partial charge in [0, 0.05) is 0 Å². The van der Waals surface area contributed by atoms with Crippen LogP contribution in [0, 0.1) is 11.6 Å². The molecule has 0 nitrogen and oxygen atoms in total. The van der Waals surface area contributed by atoms with Crippen molar-refractivity contribution in [3.63, 3.8) is 0 Å². The Morgan fingerprint density at radius 1 is 1.15 bits per heavy atom. The Balaban J connectivity index is 3.35. The van der Waals surface area contributed by atoms with Gasteiger partial charge in [0.15, 0.2) is 0 Å². The summed E-state index contributed by atoms with van der Waals surface area (Å²) < 4.78 is 26.2. The second kappa shape index (κ2) is 3.37. The minimum absolute atomic E-state index is 0.0834. The highest BCUT2D eigenvalue weighted by molar-refractivity contribution is 9.10. The monoisotopic (exact) mass is 248 g/mol. The van der Waals surface area contributed by atoms with Crippen LogP contribution < -0.4 is 0 Å². The van der Waals surface area contributed by atoms with E-state index in [1.165, 1.54) is 12.1 Å². The lowest BCUT2D eigenvalue weighted by Crippen LogP contribution is -2.14. The summed E-state index contributed by atoms with van der Waals surface area (Å²) in [5.41, 5.74) is 0.209. The van der Waals surface area contributed by atoms with Gasteiger partial charge in [0.05, 0.1) is 4.47 Å². The first-order valence-corrected chi connectivity index (χ1v) is 4.77. The Bertz CT molecular complexity index is 326. The van der Waals surface area contributed by atoms with Crippen LogP contribution in [0.2, 0.25) is 0 Å². The van der Waals surface area contributed by atoms with Gasteiger partial charge in [-0.15, -0.1) is 0 Å². The maximum atomic E-state index is 13.5. The van der Waals surface area contributed by atoms with Crippen molar-refractivity contribution in [3.05, 3.63) is 33.8 Å². The van der Waals surface area contributed by atoms with Gasteiger partial charge in [-0.3, -0.25) is 0 Å². The van der Waals surface area contributed by atoms with Crippen molar-refractivity contribution in [2.45, 2.75) is 26.2 Å². The molecule has 1 rings (SSSR count). The summed E-state index contributed by atoms with van der Waals surface area (Å²) in [7, 11) is 0. The van der Waals surface area contributed by atoms with Crippen LogP contribution in [0.25, 0.3) is 0 Å². The maximum Gasteiger partial charge on any atom is 0.144 e. The summed E-state index contributed by atoms with van der Waals surface area (Å²) >= 11 is 2.87. The average molecular weight is 249 g/mol. The molecule has 0 N–H and O–H groups in total. The fourth-order valence-electron chi connectivity index (χ4n) is 1.11. The van der Waals surface area contributed by atoms with Gasteiger partial charge < -0.3 is 0 Å². The third-order valence-corrected chi connectivity index (χ3v) is 2.57. The Hall–Kier alpha value is -0.440. The molecular weight excluding hydrogens is 238 g/mol. The van der Waals surface area contributed by atoms with Crippen LogP contribution in [-0.4, -0.2) is 0 Å². The molecule has 0 aliphatic rings. The fourth-order valence-corrected chi connectivity index (χ4v) is 1.45. The molecule has 0 amide bonds. The molecule has 3 heteroatoms. The Kier molecular flexibility index (Phi) is 2.76. The summed E-state index contributed by atoms with van der Waals surface area (Å²) in [5.74, 6) is -1.07. The Morgan fingerprint density at radius 2 is 1.69 bits per heavy atom. The van der Waals surface area contributed by atoms with E-state index in [1.807, 2.05) is 20.8 Å². The minimum atomic E-state index is -0.564. The van der Waals surface area contributed by atoms with Gasteiger partial charge in [-0.2, -0.15) is 0 Å². The van der Waals surface area contributed by atoms with Crippen LogP contribution in [0.1, 0.15) is 26.3 Å². The zero-order chi connectivity index (χ0) is 10.2. The van der Waals surface area contributed by atoms with E-state index >= 15 is 0 Å². The SMILES string of the molecule is CC(C)(C)c1ccc(F)c(Br)c1F. The van der Waals surface area contributed by atoms with Crippen LogP contribution in [0.3, 0.4) is 0 Å². The number of hydrogen-bond acceptors (Lipinski definition) is 0. The zero-order valence-corrected chi connectivity index (χ0v) is 9.37. The van der Waals surface area contributed by atoms with E-state index in [9.17, 15) is 8.78 Å². The second-order valence-corrected chi connectivity index (χ2v) is 4.77. The van der Waals surface area contributed by atoms with E-state index in [0.717, 1.165) is 0 Å². The van der Waals surface area contributed by atoms with E-state index in [-0.39, 0.29) is 9.89 Å². The fraction of sp³-hybridized carbons (Fsp3) is 0.400. The van der Waals surface area contributed by atoms with Gasteiger partial charge >= 0.3 is 0 Å². The van der Waals surface area contributed by atoms with Crippen molar-refractivity contribution in [1.29, 1.82) is 0 Å². The van der Waals surface area contributed by atoms with E-state index in [0.29, 0.717) is 5.56 Å². The average Bonchev–Trinajstić information content (AvgIpc) is 1.98. The molecule has 0 spiro atoms. The third-order valence-electron chi connectivity index (χ3n) is 1.84. The molecule has 0 atom stereocenters. The second-order valence-electron chi connectivity index (χ2n) is 3.97. The molecule has 1 aromatic carbocycles. The lowest BCUT2D eigenvalue weighted by molar-refractivity contribution is 0.505. The van der Waals surface area contributed by atoms with Crippen molar-refractivity contribution in [2.24, 2.45) is 0 Å². The maximum absolute atomic E-state index is 13.5. The van der Waals surface area contributed by atoms with Crippen molar-refractivity contribution >= 4 is 15.9 Å². The highest BCUT2D eigenvalue weighted by atomic mass is 79.9. The molecule has 0 radical (unpaired) electrons. The molecule has 0 aromatic heterocycles. The number of halogens is 3. The van der Waals surface area contributed by atoms with Gasteiger partial charge in [-0.25, -0.2) is 8.78 Å². The quantitative estimate of drug-likeness (QED) is 0.609. The van der Waals surface area contributed by atoms with Gasteiger partial charge in [-0.1, -0.05) is 26.8 Å². The molecule has 1 aromatic rings. The molecule has 0 aliphatic heterocycles. The van der Waals surface area contributed by atoms with Crippen LogP contribution in [0.15, 0.2) is 16.6 Å². The molecule has 0 saturated heterocycles. The molecule has 0 heterocycles. The largest absolute Gasteiger partial charge is 0.206 e. The van der Waals surface area contributed by atoms with Crippen LogP contribution in [0.4, 0.5) is 8.78 Å². The van der Waals surface area contributed by atoms with Gasteiger partial charge in [-0.05, 0) is 33.0 Å². The molecule has 0 fully saturated rings. The van der Waals surface area contributed by atoms with Crippen molar-refractivity contribution < 1.29 is 8.78 Å². The summed E-state index contributed by atoms with van der Waals surface area (Å²) in [6.07, 6.45) is 0. The number of benzene rings is 1. The summed E-state index contributed by atoms with van der Waals surface area (Å²) in [4.78, 5) is 0. The predicted molar refractivity (Wildman–Crippen MR) is 52.8 cm³/mol. The molecule has 0 aliphatic carbocycles. The normalized spacial score (nSPS) is 11.8. The third kappa shape index (κ3) is 2.08. The lowest BCUT2D eigenvalue weighted by Gasteiger charge is -2.20. The highest BCUT2D eigenvalue weighted by Crippen LogP contribution is 2.30. The van der Waals surface area contributed by atoms with Crippen LogP contribution >= 0.6 is 15.9 Å². The minimum Gasteiger partial charge on any atom is -0.206 e. The first-order chi connectivity index (χ1) is 5.84. The zero-order valence-electron chi connectivity index (χ0n) is 7.79. The summed E-state index contributed by atoms with van der Waals surface area (Å²) in [6, 6.07) is 2.75. The molecule has 72 valence electrons. The summed E-state index contributed by atoms with van der Waals surface area (Å²) in [6.45, 7) is 5.65. The van der Waals surface area contributed by atoms with Gasteiger partial charge in [0.2, 0.25) is 0 Å². The van der Waals surface area contributed by atoms with Crippen molar-refractivity contribution in [1.82, 2.24) is 0 Å². The molecule has 0 saturated carbocycles. The lowest BCUT2D eigenvalue weighted by atomic mass is 9.87. The topological polar surface area (TPSA) is 0 Å². The first-order valence-electron chi connectivity index (χ1n) is 3.98. The van der Waals surface area contributed by atoms with E-state index in [2.05, 4.69) is 15.9 Å². The van der Waals surface area contributed by atoms with Gasteiger partial charge in [0.25, 0.3) is 0 Å². The first kappa shape index (κ1) is 10.6. The molecule has 13 heavy (non-hydrogen) atoms. The Labute approximate surface area is 85.1 Å². The van der Waals surface area contributed by atoms with E-state index in [1.54, 1.807) is 0 Å². The number of hydrogen-bond donors (Lipinski definition) is 0. The highest BCUT2D eigenvalue weighted by Gasteiger charge is 2.21. The van der Waals surface area contributed by atoms with Gasteiger partial charge in [0.1, 0.15) is 11.6 Å². The molecular formula is C10H11BrF2. The van der Waals surface area contributed by atoms with E-state index < -0.39 is 11.6 Å². The smallest absolute Gasteiger partial charge is 0.144 e.